The molecule has 0 bridgehead atoms. The van der Waals surface area contributed by atoms with Gasteiger partial charge in [0.15, 0.2) is 0 Å². The summed E-state index contributed by atoms with van der Waals surface area (Å²) in [4.78, 5) is 8.23. The Kier molecular flexibility index (Phi) is 3.09. The van der Waals surface area contributed by atoms with E-state index in [1.807, 2.05) is 34.7 Å². The largest absolute Gasteiger partial charge is 0.369 e. The molecule has 0 aliphatic rings. The van der Waals surface area contributed by atoms with E-state index in [0.29, 0.717) is 27.1 Å². The fourth-order valence-electron chi connectivity index (χ4n) is 1.98. The summed E-state index contributed by atoms with van der Waals surface area (Å²) in [5, 5.41) is 0. The quantitative estimate of drug-likeness (QED) is 0.708. The van der Waals surface area contributed by atoms with Gasteiger partial charge >= 0.3 is 0 Å². The maximum atomic E-state index is 13.7. The molecule has 2 N–H and O–H groups in total. The van der Waals surface area contributed by atoms with E-state index in [1.54, 1.807) is 23.0 Å². The van der Waals surface area contributed by atoms with E-state index in [4.69, 9.17) is 5.73 Å². The Morgan fingerprint density at radius 2 is 2.00 bits per heavy atom. The molecule has 19 heavy (non-hydrogen) atoms. The van der Waals surface area contributed by atoms with Gasteiger partial charge in [-0.2, -0.15) is 0 Å². The van der Waals surface area contributed by atoms with Crippen molar-refractivity contribution < 1.29 is 4.39 Å². The number of nitrogens with zero attached hydrogens (tertiary/aromatic N) is 3. The number of pyridine rings is 1. The molecule has 0 amide bonds. The van der Waals surface area contributed by atoms with Crippen LogP contribution in [0.25, 0.3) is 11.0 Å². The van der Waals surface area contributed by atoms with Crippen molar-refractivity contribution in [1.82, 2.24) is 14.5 Å². The zero-order valence-corrected chi connectivity index (χ0v) is 12.0. The lowest BCUT2D eigenvalue weighted by atomic mass is 10.2. The Bertz CT molecular complexity index is 739. The third kappa shape index (κ3) is 2.27. The van der Waals surface area contributed by atoms with E-state index in [-0.39, 0.29) is 5.82 Å². The van der Waals surface area contributed by atoms with E-state index in [9.17, 15) is 4.39 Å². The first-order valence-electron chi connectivity index (χ1n) is 5.65. The van der Waals surface area contributed by atoms with Crippen LogP contribution in [0.5, 0.6) is 0 Å². The Morgan fingerprint density at radius 3 is 2.74 bits per heavy atom. The first-order chi connectivity index (χ1) is 9.15. The molecule has 1 aromatic carbocycles. The molecule has 0 atom stereocenters. The molecule has 3 rings (SSSR count). The monoisotopic (exact) mass is 368 g/mol. The summed E-state index contributed by atoms with van der Waals surface area (Å²) >= 11 is 1.94. The number of nitrogen functional groups attached to an aromatic ring is 1. The molecule has 0 radical (unpaired) electrons. The van der Waals surface area contributed by atoms with Gasteiger partial charge in [0.05, 0.1) is 21.1 Å². The van der Waals surface area contributed by atoms with Crippen molar-refractivity contribution in [1.29, 1.82) is 0 Å². The van der Waals surface area contributed by atoms with Gasteiger partial charge < -0.3 is 10.3 Å². The zero-order chi connectivity index (χ0) is 13.4. The number of anilines is 1. The number of benzene rings is 1. The number of rotatable bonds is 2. The Morgan fingerprint density at radius 1 is 1.26 bits per heavy atom. The minimum absolute atomic E-state index is 0.260. The van der Waals surface area contributed by atoms with E-state index in [2.05, 4.69) is 9.97 Å². The van der Waals surface area contributed by atoms with Crippen molar-refractivity contribution in [3.63, 3.8) is 0 Å². The van der Waals surface area contributed by atoms with Crippen molar-refractivity contribution in [2.24, 2.45) is 0 Å². The number of fused-ring (bicyclic) bond motifs is 1. The van der Waals surface area contributed by atoms with Crippen LogP contribution in [0.3, 0.4) is 0 Å². The second kappa shape index (κ2) is 4.76. The highest BCUT2D eigenvalue weighted by molar-refractivity contribution is 14.1. The second-order valence-corrected chi connectivity index (χ2v) is 5.33. The van der Waals surface area contributed by atoms with Gasteiger partial charge in [0.25, 0.3) is 0 Å². The molecule has 2 aromatic heterocycles. The van der Waals surface area contributed by atoms with E-state index < -0.39 is 0 Å². The van der Waals surface area contributed by atoms with Gasteiger partial charge in [-0.05, 0) is 46.4 Å². The molecule has 96 valence electrons. The number of hydrogen-bond acceptors (Lipinski definition) is 3. The lowest BCUT2D eigenvalue weighted by molar-refractivity contribution is 0.621. The zero-order valence-electron chi connectivity index (χ0n) is 9.85. The molecule has 2 heterocycles. The van der Waals surface area contributed by atoms with Gasteiger partial charge in [-0.1, -0.05) is 0 Å². The average Bonchev–Trinajstić information content (AvgIpc) is 2.68. The summed E-state index contributed by atoms with van der Waals surface area (Å²) in [6.07, 6.45) is 3.43. The van der Waals surface area contributed by atoms with Gasteiger partial charge in [-0.3, -0.25) is 4.98 Å². The summed E-state index contributed by atoms with van der Waals surface area (Å²) in [7, 11) is 0. The summed E-state index contributed by atoms with van der Waals surface area (Å²) in [5.41, 5.74) is 8.36. The molecular weight excluding hydrogens is 358 g/mol. The number of nitrogens with two attached hydrogens (primary N) is 1. The van der Waals surface area contributed by atoms with Gasteiger partial charge in [-0.25, -0.2) is 9.37 Å². The van der Waals surface area contributed by atoms with E-state index in [1.165, 1.54) is 6.07 Å². The molecule has 0 saturated heterocycles. The average molecular weight is 368 g/mol. The van der Waals surface area contributed by atoms with Crippen molar-refractivity contribution in [2.45, 2.75) is 6.54 Å². The first kappa shape index (κ1) is 12.3. The molecule has 0 unspecified atom stereocenters. The summed E-state index contributed by atoms with van der Waals surface area (Å²) in [5.74, 6) is 0.122. The summed E-state index contributed by atoms with van der Waals surface area (Å²) in [6.45, 7) is 0.547. The van der Waals surface area contributed by atoms with Crippen molar-refractivity contribution in [3.8, 4) is 0 Å². The van der Waals surface area contributed by atoms with Crippen LogP contribution in [-0.2, 0) is 6.54 Å². The van der Waals surface area contributed by atoms with Crippen molar-refractivity contribution in [2.75, 3.05) is 5.73 Å². The predicted octanol–water partition coefficient (Wildman–Crippen LogP) is 2.81. The molecule has 6 heteroatoms. The molecule has 0 spiro atoms. The fraction of sp³-hybridized carbons (Fsp3) is 0.0769. The van der Waals surface area contributed by atoms with Crippen LogP contribution in [0.1, 0.15) is 5.56 Å². The van der Waals surface area contributed by atoms with E-state index >= 15 is 0 Å². The number of halogens is 2. The Hall–Kier alpha value is -1.70. The minimum Gasteiger partial charge on any atom is -0.369 e. The maximum absolute atomic E-state index is 13.7. The standard InChI is InChI=1S/C13H10FIN4/c14-9-5-12-11(6-10(9)15)18-13(16)19(12)7-8-1-3-17-4-2-8/h1-6H,7H2,(H2,16,18). The van der Waals surface area contributed by atoms with Crippen LogP contribution in [0.15, 0.2) is 36.7 Å². The molecular formula is C13H10FIN4. The molecule has 0 fully saturated rings. The summed E-state index contributed by atoms with van der Waals surface area (Å²) in [6, 6.07) is 6.97. The van der Waals surface area contributed by atoms with E-state index in [0.717, 1.165) is 5.56 Å². The molecule has 3 aromatic rings. The lowest BCUT2D eigenvalue weighted by Crippen LogP contribution is -2.04. The lowest BCUT2D eigenvalue weighted by Gasteiger charge is -2.06. The van der Waals surface area contributed by atoms with Crippen LogP contribution >= 0.6 is 22.6 Å². The molecule has 0 saturated carbocycles. The Labute approximate surface area is 122 Å². The van der Waals surface area contributed by atoms with Gasteiger partial charge in [-0.15, -0.1) is 0 Å². The van der Waals surface area contributed by atoms with Crippen LogP contribution in [0, 0.1) is 9.39 Å². The molecule has 4 nitrogen and oxygen atoms in total. The molecule has 0 aliphatic carbocycles. The normalized spacial score (nSPS) is 11.1. The minimum atomic E-state index is -0.260. The summed E-state index contributed by atoms with van der Waals surface area (Å²) < 4.78 is 16.0. The first-order valence-corrected chi connectivity index (χ1v) is 6.72. The van der Waals surface area contributed by atoms with Crippen molar-refractivity contribution in [3.05, 3.63) is 51.6 Å². The third-order valence-corrected chi connectivity index (χ3v) is 3.74. The number of aromatic nitrogens is 3. The highest BCUT2D eigenvalue weighted by Gasteiger charge is 2.11. The molecule has 0 aliphatic heterocycles. The third-order valence-electron chi connectivity index (χ3n) is 2.91. The van der Waals surface area contributed by atoms with Crippen LogP contribution in [0.4, 0.5) is 10.3 Å². The number of hydrogen-bond donors (Lipinski definition) is 1. The van der Waals surface area contributed by atoms with Crippen LogP contribution in [0.2, 0.25) is 0 Å². The van der Waals surface area contributed by atoms with Gasteiger partial charge in [0.1, 0.15) is 5.82 Å². The van der Waals surface area contributed by atoms with Crippen molar-refractivity contribution >= 4 is 39.6 Å². The predicted molar refractivity (Wildman–Crippen MR) is 80.2 cm³/mol. The second-order valence-electron chi connectivity index (χ2n) is 4.17. The van der Waals surface area contributed by atoms with Gasteiger partial charge in [0, 0.05) is 18.5 Å². The highest BCUT2D eigenvalue weighted by Crippen LogP contribution is 2.23. The maximum Gasteiger partial charge on any atom is 0.201 e. The smallest absolute Gasteiger partial charge is 0.201 e. The SMILES string of the molecule is Nc1nc2cc(I)c(F)cc2n1Cc1ccncc1. The topological polar surface area (TPSA) is 56.7 Å². The fourth-order valence-corrected chi connectivity index (χ4v) is 2.43. The Balaban J connectivity index is 2.13. The number of imidazole rings is 1. The van der Waals surface area contributed by atoms with Gasteiger partial charge in [0.2, 0.25) is 5.95 Å². The van der Waals surface area contributed by atoms with Crippen LogP contribution in [-0.4, -0.2) is 14.5 Å². The highest BCUT2D eigenvalue weighted by atomic mass is 127. The van der Waals surface area contributed by atoms with Crippen LogP contribution < -0.4 is 5.73 Å².